The highest BCUT2D eigenvalue weighted by atomic mass is 16.5. The molecule has 1 aliphatic carbocycles. The van der Waals surface area contributed by atoms with E-state index in [4.69, 9.17) is 9.72 Å². The lowest BCUT2D eigenvalue weighted by atomic mass is 9.94. The van der Waals surface area contributed by atoms with Gasteiger partial charge in [0.2, 0.25) is 0 Å². The van der Waals surface area contributed by atoms with E-state index in [0.717, 1.165) is 31.4 Å². The molecule has 0 atom stereocenters. The Morgan fingerprint density at radius 3 is 2.50 bits per heavy atom. The number of nitrogens with zero attached hydrogens (tertiary/aromatic N) is 4. The summed E-state index contributed by atoms with van der Waals surface area (Å²) < 4.78 is 7.29. The van der Waals surface area contributed by atoms with E-state index < -0.39 is 5.97 Å². The summed E-state index contributed by atoms with van der Waals surface area (Å²) in [5.74, 6) is -0.467. The number of likely N-dealkylation sites (N-methyl/N-ethyl adjacent to an activating group) is 1. The third-order valence-electron chi connectivity index (χ3n) is 5.89. The molecule has 0 N–H and O–H groups in total. The zero-order chi connectivity index (χ0) is 21.8. The Hall–Kier alpha value is -2.44. The normalized spacial score (nSPS) is 15.2. The highest BCUT2D eigenvalue weighted by molar-refractivity contribution is 6.03. The van der Waals surface area contributed by atoms with Gasteiger partial charge in [0.15, 0.2) is 12.3 Å². The summed E-state index contributed by atoms with van der Waals surface area (Å²) in [6, 6.07) is 2.15. The van der Waals surface area contributed by atoms with Gasteiger partial charge in [-0.05, 0) is 45.6 Å². The molecule has 1 saturated carbocycles. The van der Waals surface area contributed by atoms with Crippen LogP contribution in [0.1, 0.15) is 94.7 Å². The minimum Gasteiger partial charge on any atom is -0.452 e. The van der Waals surface area contributed by atoms with Crippen molar-refractivity contribution in [1.29, 1.82) is 0 Å². The van der Waals surface area contributed by atoms with Crippen LogP contribution in [0.15, 0.2) is 12.3 Å². The number of carbonyl (C=O) groups excluding carboxylic acids is 2. The third kappa shape index (κ3) is 4.65. The Kier molecular flexibility index (Phi) is 7.10. The van der Waals surface area contributed by atoms with Gasteiger partial charge in [0.25, 0.3) is 5.91 Å². The molecule has 1 aliphatic rings. The van der Waals surface area contributed by atoms with Crippen molar-refractivity contribution in [3.05, 3.63) is 23.5 Å². The van der Waals surface area contributed by atoms with Crippen LogP contribution in [0, 0.1) is 0 Å². The lowest BCUT2D eigenvalue weighted by Gasteiger charge is -2.33. The fourth-order valence-corrected chi connectivity index (χ4v) is 4.20. The van der Waals surface area contributed by atoms with Crippen molar-refractivity contribution < 1.29 is 14.3 Å². The van der Waals surface area contributed by atoms with E-state index in [0.29, 0.717) is 23.1 Å². The van der Waals surface area contributed by atoms with E-state index >= 15 is 0 Å². The molecule has 0 aliphatic heterocycles. The Balaban J connectivity index is 1.79. The first-order valence-corrected chi connectivity index (χ1v) is 11.2. The van der Waals surface area contributed by atoms with Gasteiger partial charge < -0.3 is 9.64 Å². The fourth-order valence-electron chi connectivity index (χ4n) is 4.20. The number of hydrogen-bond acceptors (Lipinski definition) is 5. The van der Waals surface area contributed by atoms with Crippen molar-refractivity contribution in [3.63, 3.8) is 0 Å². The number of fused-ring (bicyclic) bond motifs is 1. The van der Waals surface area contributed by atoms with Crippen LogP contribution < -0.4 is 0 Å². The Labute approximate surface area is 178 Å². The smallest absolute Gasteiger partial charge is 0.339 e. The molecule has 3 rings (SSSR count). The number of carbonyl (C=O) groups is 2. The molecule has 0 aromatic carbocycles. The molecule has 0 radical (unpaired) electrons. The van der Waals surface area contributed by atoms with Gasteiger partial charge >= 0.3 is 5.97 Å². The number of amides is 1. The molecule has 0 saturated heterocycles. The summed E-state index contributed by atoms with van der Waals surface area (Å²) in [7, 11) is 0. The van der Waals surface area contributed by atoms with Crippen LogP contribution in [-0.2, 0) is 9.53 Å². The maximum Gasteiger partial charge on any atom is 0.339 e. The summed E-state index contributed by atoms with van der Waals surface area (Å²) in [6.07, 6.45) is 7.26. The Bertz CT molecular complexity index is 897. The molecule has 0 spiro atoms. The number of rotatable bonds is 7. The van der Waals surface area contributed by atoms with Crippen LogP contribution in [0.4, 0.5) is 0 Å². The first kappa shape index (κ1) is 22.2. The first-order valence-electron chi connectivity index (χ1n) is 11.2. The summed E-state index contributed by atoms with van der Waals surface area (Å²) >= 11 is 0. The quantitative estimate of drug-likeness (QED) is 0.625. The van der Waals surface area contributed by atoms with Gasteiger partial charge in [-0.25, -0.2) is 14.5 Å². The molecule has 2 aromatic heterocycles. The van der Waals surface area contributed by atoms with Gasteiger partial charge in [-0.1, -0.05) is 33.1 Å². The van der Waals surface area contributed by atoms with E-state index in [-0.39, 0.29) is 30.5 Å². The molecule has 1 amide bonds. The molecule has 1 fully saturated rings. The molecule has 0 unspecified atom stereocenters. The fraction of sp³-hybridized carbons (Fsp3) is 0.652. The molecular formula is C23H34N4O3. The predicted octanol–water partition coefficient (Wildman–Crippen LogP) is 4.47. The third-order valence-corrected chi connectivity index (χ3v) is 5.89. The number of hydrogen-bond donors (Lipinski definition) is 0. The summed E-state index contributed by atoms with van der Waals surface area (Å²) in [6.45, 7) is 10.5. The van der Waals surface area contributed by atoms with Crippen LogP contribution in [-0.4, -0.2) is 50.7 Å². The molecule has 2 heterocycles. The van der Waals surface area contributed by atoms with Crippen molar-refractivity contribution >= 4 is 22.9 Å². The van der Waals surface area contributed by atoms with E-state index in [1.165, 1.54) is 6.42 Å². The highest BCUT2D eigenvalue weighted by Gasteiger charge is 2.26. The van der Waals surface area contributed by atoms with Gasteiger partial charge in [-0.2, -0.15) is 5.10 Å². The van der Waals surface area contributed by atoms with Crippen molar-refractivity contribution in [2.45, 2.75) is 84.7 Å². The van der Waals surface area contributed by atoms with Gasteiger partial charge in [-0.15, -0.1) is 0 Å². The standard InChI is InChI=1S/C23H34N4O3/c1-6-26(17-10-8-7-9-11-17)21(28)14-30-23(29)18-12-20(15(2)3)25-22-19(18)13-24-27(22)16(4)5/h12-13,15-17H,6-11,14H2,1-5H3. The van der Waals surface area contributed by atoms with Gasteiger partial charge in [-0.3, -0.25) is 4.79 Å². The second-order valence-electron chi connectivity index (χ2n) is 8.72. The number of pyridine rings is 1. The average Bonchev–Trinajstić information content (AvgIpc) is 3.17. The topological polar surface area (TPSA) is 77.3 Å². The zero-order valence-electron chi connectivity index (χ0n) is 18.9. The van der Waals surface area contributed by atoms with E-state index in [1.807, 2.05) is 44.2 Å². The minimum absolute atomic E-state index is 0.120. The Morgan fingerprint density at radius 1 is 1.20 bits per heavy atom. The molecule has 0 bridgehead atoms. The number of esters is 1. The second kappa shape index (κ2) is 9.58. The first-order chi connectivity index (χ1) is 14.3. The number of aromatic nitrogens is 3. The van der Waals surface area contributed by atoms with Crippen LogP contribution in [0.25, 0.3) is 11.0 Å². The van der Waals surface area contributed by atoms with Crippen LogP contribution in [0.5, 0.6) is 0 Å². The van der Waals surface area contributed by atoms with Crippen LogP contribution in [0.2, 0.25) is 0 Å². The van der Waals surface area contributed by atoms with Crippen LogP contribution >= 0.6 is 0 Å². The zero-order valence-corrected chi connectivity index (χ0v) is 18.9. The lowest BCUT2D eigenvalue weighted by molar-refractivity contribution is -0.137. The maximum atomic E-state index is 12.9. The Morgan fingerprint density at radius 2 is 1.90 bits per heavy atom. The molecule has 30 heavy (non-hydrogen) atoms. The van der Waals surface area contributed by atoms with E-state index in [2.05, 4.69) is 5.10 Å². The van der Waals surface area contributed by atoms with Gasteiger partial charge in [0, 0.05) is 24.3 Å². The molecule has 7 nitrogen and oxygen atoms in total. The predicted molar refractivity (Wildman–Crippen MR) is 117 cm³/mol. The van der Waals surface area contributed by atoms with Crippen molar-refractivity contribution in [3.8, 4) is 0 Å². The van der Waals surface area contributed by atoms with Gasteiger partial charge in [0.05, 0.1) is 17.1 Å². The van der Waals surface area contributed by atoms with Crippen molar-refractivity contribution in [2.75, 3.05) is 13.2 Å². The minimum atomic E-state index is -0.499. The molecule has 164 valence electrons. The van der Waals surface area contributed by atoms with Crippen molar-refractivity contribution in [2.24, 2.45) is 0 Å². The largest absolute Gasteiger partial charge is 0.452 e. The molecule has 2 aromatic rings. The second-order valence-corrected chi connectivity index (χ2v) is 8.72. The summed E-state index contributed by atoms with van der Waals surface area (Å²) in [4.78, 5) is 32.3. The monoisotopic (exact) mass is 414 g/mol. The van der Waals surface area contributed by atoms with Gasteiger partial charge in [0.1, 0.15) is 0 Å². The SMILES string of the molecule is CCN(C(=O)COC(=O)c1cc(C(C)C)nc2c1cnn2C(C)C)C1CCCCC1. The molecular weight excluding hydrogens is 380 g/mol. The number of ether oxygens (including phenoxy) is 1. The van der Waals surface area contributed by atoms with Crippen LogP contribution in [0.3, 0.4) is 0 Å². The maximum absolute atomic E-state index is 12.9. The van der Waals surface area contributed by atoms with E-state index in [1.54, 1.807) is 12.3 Å². The molecule has 7 heteroatoms. The lowest BCUT2D eigenvalue weighted by Crippen LogP contribution is -2.43. The summed E-state index contributed by atoms with van der Waals surface area (Å²) in [5, 5.41) is 5.07. The van der Waals surface area contributed by atoms with Crippen molar-refractivity contribution in [1.82, 2.24) is 19.7 Å². The highest BCUT2D eigenvalue weighted by Crippen LogP contribution is 2.25. The van der Waals surface area contributed by atoms with E-state index in [9.17, 15) is 9.59 Å². The average molecular weight is 415 g/mol. The summed E-state index contributed by atoms with van der Waals surface area (Å²) in [5.41, 5.74) is 1.90.